The number of aromatic hydroxyl groups is 1. The summed E-state index contributed by atoms with van der Waals surface area (Å²) in [5.41, 5.74) is 11.0. The molecule has 1 saturated heterocycles. The lowest BCUT2D eigenvalue weighted by atomic mass is 10.0. The third kappa shape index (κ3) is 5.00. The maximum Gasteiger partial charge on any atom is 0.663 e. The Labute approximate surface area is 245 Å². The number of anilines is 2. The largest absolute Gasteiger partial charge is 0.663 e. The first-order chi connectivity index (χ1) is 20.9. The molecule has 23 heteroatoms. The van der Waals surface area contributed by atoms with Gasteiger partial charge in [0.1, 0.15) is 6.33 Å². The van der Waals surface area contributed by atoms with Crippen LogP contribution in [0.15, 0.2) is 45.6 Å². The molecule has 0 aromatic carbocycles. The highest BCUT2D eigenvalue weighted by molar-refractivity contribution is 7.55. The van der Waals surface area contributed by atoms with E-state index in [0.29, 0.717) is 6.67 Å². The molecule has 2 bridgehead atoms. The number of nitrogens with zero attached hydrogens (tertiary/aromatic N) is 4. The number of nitrogen functional groups attached to an aromatic ring is 1. The van der Waals surface area contributed by atoms with Crippen LogP contribution in [-0.2, 0) is 24.9 Å². The van der Waals surface area contributed by atoms with E-state index in [2.05, 4.69) is 25.6 Å². The number of imidazole rings is 1. The molecule has 4 aliphatic heterocycles. The summed E-state index contributed by atoms with van der Waals surface area (Å²) in [6.07, 6.45) is 4.12. The summed E-state index contributed by atoms with van der Waals surface area (Å²) in [6, 6.07) is 0. The summed E-state index contributed by atoms with van der Waals surface area (Å²) in [4.78, 5) is 66.8. The molecule has 12 N–H and O–H groups in total. The summed E-state index contributed by atoms with van der Waals surface area (Å²) in [5.74, 6) is -2.93. The highest BCUT2D eigenvalue weighted by Crippen LogP contribution is 2.61. The zero-order chi connectivity index (χ0) is 31.0. The number of aromatic nitrogens is 4. The van der Waals surface area contributed by atoms with Gasteiger partial charge < -0.3 is 25.7 Å². The van der Waals surface area contributed by atoms with Crippen LogP contribution < -0.4 is 37.1 Å². The van der Waals surface area contributed by atoms with Crippen molar-refractivity contribution >= 4 is 45.2 Å². The Morgan fingerprint density at radius 2 is 1.95 bits per heavy atom. The molecular weight excluding hydrogens is 632 g/mol. The van der Waals surface area contributed by atoms with Gasteiger partial charge in [-0.2, -0.15) is 24.6 Å². The molecule has 21 nitrogen and oxygen atoms in total. The van der Waals surface area contributed by atoms with Gasteiger partial charge in [-0.25, -0.2) is 14.1 Å². The Bertz CT molecular complexity index is 1800. The minimum atomic E-state index is -4.80. The van der Waals surface area contributed by atoms with Crippen LogP contribution in [0.25, 0.3) is 17.0 Å². The van der Waals surface area contributed by atoms with E-state index < -0.39 is 52.3 Å². The van der Waals surface area contributed by atoms with E-state index in [1.54, 1.807) is 12.3 Å². The number of nitrogens with two attached hydrogens (primary N) is 2. The fraction of sp³-hybridized carbons (Fsp3) is 0.286. The number of aromatic amines is 1. The van der Waals surface area contributed by atoms with Gasteiger partial charge in [0.2, 0.25) is 23.3 Å². The van der Waals surface area contributed by atoms with E-state index in [0.717, 1.165) is 17.2 Å². The second kappa shape index (κ2) is 10.3. The van der Waals surface area contributed by atoms with Gasteiger partial charge in [-0.05, 0) is 0 Å². The van der Waals surface area contributed by atoms with Gasteiger partial charge in [0.05, 0.1) is 18.8 Å². The molecule has 3 aromatic heterocycles. The van der Waals surface area contributed by atoms with Crippen molar-refractivity contribution in [3.8, 4) is 11.5 Å². The molecule has 4 aliphatic rings. The first kappa shape index (κ1) is 28.7. The number of furan rings is 1. The molecule has 3 unspecified atom stereocenters. The highest BCUT2D eigenvalue weighted by atomic mass is 31.2. The number of hydrogen-bond acceptors (Lipinski definition) is 19. The summed E-state index contributed by atoms with van der Waals surface area (Å²) < 4.78 is 33.7. The van der Waals surface area contributed by atoms with Gasteiger partial charge in [0.15, 0.2) is 35.6 Å². The molecule has 1 fully saturated rings. The first-order valence-corrected chi connectivity index (χ1v) is 15.7. The van der Waals surface area contributed by atoms with Gasteiger partial charge in [-0.3, -0.25) is 34.4 Å². The SMILES string of the molecule is Nc1nc2c(ncn2C2=C3C/C(=C\O[P+](O)(O)Oc4c(oc(N5C=CC6C(N)NCNC65)c4O)CO[P+](O)(O)O3)O2)c(=O)[nH]1. The van der Waals surface area contributed by atoms with Crippen molar-refractivity contribution in [2.45, 2.75) is 25.4 Å². The van der Waals surface area contributed by atoms with E-state index in [1.165, 1.54) is 4.90 Å². The van der Waals surface area contributed by atoms with Crippen molar-refractivity contribution < 1.29 is 51.9 Å². The molecule has 0 radical (unpaired) electrons. The highest BCUT2D eigenvalue weighted by Gasteiger charge is 2.51. The number of H-pyrrole nitrogens is 1. The van der Waals surface area contributed by atoms with Crippen LogP contribution in [0.4, 0.5) is 11.8 Å². The predicted molar refractivity (Wildman–Crippen MR) is 148 cm³/mol. The second-order valence-corrected chi connectivity index (χ2v) is 12.6. The minimum Gasteiger partial charge on any atom is -0.500 e. The standard InChI is InChI=1S/C21H23N9O12P2/c22-15-9-1-2-29(16(9)25-6-24-15)20-13(31)14-11(40-20)5-38-43(33,34)41-10-3-8(4-37-44(35,36)42-14)39-19(10)30-7-26-12-17(30)27-21(23)28-18(12)32/h1-2,4,7,9,15-16,24-25,33-36H,3,5-6,22H2,(H2-2,23,27,28,31,32)/p+2/b8-4+. The maximum absolute atomic E-state index is 12.3. The molecule has 0 aliphatic carbocycles. The lowest BCUT2D eigenvalue weighted by molar-refractivity contribution is 0.125. The third-order valence-corrected chi connectivity index (χ3v) is 8.62. The van der Waals surface area contributed by atoms with Crippen molar-refractivity contribution in [3.63, 3.8) is 0 Å². The Kier molecular flexibility index (Phi) is 6.71. The van der Waals surface area contributed by atoms with E-state index in [-0.39, 0.29) is 58.5 Å². The molecule has 234 valence electrons. The molecule has 0 saturated carbocycles. The summed E-state index contributed by atoms with van der Waals surface area (Å²) in [5, 5.41) is 17.3. The molecule has 7 heterocycles. The number of ether oxygens (including phenoxy) is 1. The van der Waals surface area contributed by atoms with E-state index >= 15 is 0 Å². The summed E-state index contributed by atoms with van der Waals surface area (Å²) >= 11 is 0. The van der Waals surface area contributed by atoms with Crippen LogP contribution >= 0.6 is 16.3 Å². The van der Waals surface area contributed by atoms with Gasteiger partial charge in [0.25, 0.3) is 17.2 Å². The monoisotopic (exact) mass is 657 g/mol. The zero-order valence-electron chi connectivity index (χ0n) is 22.1. The Hall–Kier alpha value is -4.01. The quantitative estimate of drug-likeness (QED) is 0.149. The first-order valence-electron chi connectivity index (χ1n) is 12.7. The van der Waals surface area contributed by atoms with Crippen LogP contribution in [-0.4, -0.2) is 63.2 Å². The van der Waals surface area contributed by atoms with Crippen LogP contribution in [0.3, 0.4) is 0 Å². The van der Waals surface area contributed by atoms with Crippen molar-refractivity contribution in [3.05, 3.63) is 52.5 Å². The van der Waals surface area contributed by atoms with E-state index in [4.69, 9.17) is 38.7 Å². The topological polar surface area (TPSA) is 303 Å². The zero-order valence-corrected chi connectivity index (χ0v) is 23.9. The molecule has 3 atom stereocenters. The second-order valence-electron chi connectivity index (χ2n) is 9.76. The van der Waals surface area contributed by atoms with E-state index in [1.807, 2.05) is 0 Å². The van der Waals surface area contributed by atoms with Crippen molar-refractivity contribution in [2.75, 3.05) is 17.3 Å². The number of rotatable bonds is 2. The van der Waals surface area contributed by atoms with Crippen LogP contribution in [0.5, 0.6) is 11.5 Å². The van der Waals surface area contributed by atoms with Gasteiger partial charge in [-0.1, -0.05) is 6.08 Å². The third-order valence-electron chi connectivity index (χ3n) is 6.89. The Morgan fingerprint density at radius 1 is 1.14 bits per heavy atom. The van der Waals surface area contributed by atoms with Crippen LogP contribution in [0.1, 0.15) is 12.2 Å². The predicted octanol–water partition coefficient (Wildman–Crippen LogP) is -0.934. The number of hydrogen-bond donors (Lipinski definition) is 10. The van der Waals surface area contributed by atoms with Crippen molar-refractivity contribution in [1.29, 1.82) is 0 Å². The Balaban J connectivity index is 1.25. The number of fused-ring (bicyclic) bond motifs is 5. The minimum absolute atomic E-state index is 0.0634. The van der Waals surface area contributed by atoms with Crippen molar-refractivity contribution in [2.24, 2.45) is 11.7 Å². The van der Waals surface area contributed by atoms with Crippen LogP contribution in [0, 0.1) is 5.92 Å². The normalized spacial score (nSPS) is 27.1. The molecule has 44 heavy (non-hydrogen) atoms. The molecular formula is C21H25N9O12P2+2. The molecule has 7 rings (SSSR count). The molecule has 0 amide bonds. The van der Waals surface area contributed by atoms with Gasteiger partial charge in [-0.15, -0.1) is 4.52 Å². The van der Waals surface area contributed by atoms with E-state index in [9.17, 15) is 29.5 Å². The maximum atomic E-state index is 12.3. The number of nitrogens with one attached hydrogen (secondary N) is 3. The lowest BCUT2D eigenvalue weighted by Crippen LogP contribution is -2.62. The average Bonchev–Trinajstić information content (AvgIpc) is 3.72. The van der Waals surface area contributed by atoms with Crippen LogP contribution in [0.2, 0.25) is 0 Å². The lowest BCUT2D eigenvalue weighted by Gasteiger charge is -2.36. The summed E-state index contributed by atoms with van der Waals surface area (Å²) in [6.45, 7) is -0.450. The average molecular weight is 657 g/mol. The fourth-order valence-corrected chi connectivity index (χ4v) is 6.46. The molecule has 3 aromatic rings. The van der Waals surface area contributed by atoms with Gasteiger partial charge in [0, 0.05) is 18.8 Å². The smallest absolute Gasteiger partial charge is 0.500 e. The van der Waals surface area contributed by atoms with Gasteiger partial charge >= 0.3 is 16.3 Å². The molecule has 0 spiro atoms. The fourth-order valence-electron chi connectivity index (χ4n) is 4.97. The summed E-state index contributed by atoms with van der Waals surface area (Å²) in [7, 11) is -9.55. The Morgan fingerprint density at radius 3 is 2.77 bits per heavy atom. The van der Waals surface area contributed by atoms with Crippen molar-refractivity contribution in [1.82, 2.24) is 30.2 Å².